The smallest absolute Gasteiger partial charge is 0.334 e. The van der Waals surface area contributed by atoms with Gasteiger partial charge in [0.1, 0.15) is 91.4 Å². The average molecular weight is 1700 g/mol. The largest absolute Gasteiger partial charge is 0.458 e. The second-order valence-corrected chi connectivity index (χ2v) is 31.9. The van der Waals surface area contributed by atoms with Crippen molar-refractivity contribution in [3.05, 3.63) is 11.1 Å². The summed E-state index contributed by atoms with van der Waals surface area (Å²) in [6, 6.07) is -4.21. The predicted molar refractivity (Wildman–Crippen MR) is 399 cm³/mol. The number of aliphatic hydroxyl groups excluding tert-OH is 12. The Bertz CT molecular complexity index is 3450. The van der Waals surface area contributed by atoms with E-state index in [0.717, 1.165) is 5.57 Å². The quantitative estimate of drug-likeness (QED) is 0.0153. The Morgan fingerprint density at radius 2 is 0.874 bits per heavy atom. The van der Waals surface area contributed by atoms with Crippen molar-refractivity contribution in [1.29, 1.82) is 0 Å². The zero-order valence-electron chi connectivity index (χ0n) is 66.4. The molecule has 7 fully saturated rings. The lowest BCUT2D eigenvalue weighted by Crippen LogP contribution is -2.72. The van der Waals surface area contributed by atoms with Gasteiger partial charge in [-0.1, -0.05) is 6.92 Å². The molecule has 1 spiro atoms. The lowest BCUT2D eigenvalue weighted by molar-refractivity contribution is -0.253. The van der Waals surface area contributed by atoms with Gasteiger partial charge in [0.25, 0.3) is 0 Å². The van der Waals surface area contributed by atoms with Gasteiger partial charge in [-0.2, -0.15) is 0 Å². The highest BCUT2D eigenvalue weighted by molar-refractivity contribution is 5.92. The van der Waals surface area contributed by atoms with Crippen molar-refractivity contribution in [2.24, 2.45) is 11.3 Å². The van der Waals surface area contributed by atoms with E-state index in [-0.39, 0.29) is 180 Å². The molecule has 3 aliphatic carbocycles. The molecule has 0 bridgehead atoms. The maximum atomic E-state index is 14.4. The van der Waals surface area contributed by atoms with Crippen LogP contribution < -0.4 is 53.2 Å². The number of cyclic esters (lactones) is 1. The number of fused-ring (bicyclic) bond motifs is 4. The molecule has 4 unspecified atom stereocenters. The Hall–Kier alpha value is -7.42. The second kappa shape index (κ2) is 44.1. The molecule has 5 saturated heterocycles. The van der Waals surface area contributed by atoms with Crippen LogP contribution in [0.2, 0.25) is 0 Å². The Morgan fingerprint density at radius 3 is 1.29 bits per heavy atom. The minimum atomic E-state index is -1.74. The molecule has 0 aromatic carbocycles. The number of nitrogens with one attached hydrogen (secondary N) is 10. The normalized spacial score (nSPS) is 33.1. The molecule has 6 heterocycles. The molecule has 6 aliphatic heterocycles. The summed E-state index contributed by atoms with van der Waals surface area (Å²) in [7, 11) is 0. The molecule has 44 heteroatoms. The highest BCUT2D eigenvalue weighted by Crippen LogP contribution is 2.73. The van der Waals surface area contributed by atoms with Crippen molar-refractivity contribution in [3.8, 4) is 0 Å². The molecule has 672 valence electrons. The number of rotatable bonds is 48. The average Bonchev–Trinajstić information content (AvgIpc) is 1.46. The van der Waals surface area contributed by atoms with Gasteiger partial charge in [0.15, 0.2) is 30.6 Å². The molecule has 9 aliphatic rings. The maximum Gasteiger partial charge on any atom is 0.334 e. The first-order valence-corrected chi connectivity index (χ1v) is 40.7. The van der Waals surface area contributed by atoms with Crippen molar-refractivity contribution in [2.45, 2.75) is 281 Å². The van der Waals surface area contributed by atoms with Crippen LogP contribution in [0.4, 0.5) is 0 Å². The van der Waals surface area contributed by atoms with Gasteiger partial charge in [0, 0.05) is 121 Å². The van der Waals surface area contributed by atoms with Crippen LogP contribution in [0.5, 0.6) is 0 Å². The number of amides is 10. The number of carbonyl (C=O) groups is 12. The molecule has 9 rings (SSSR count). The molecule has 0 aromatic rings. The zero-order valence-corrected chi connectivity index (χ0v) is 66.4. The number of carbonyl (C=O) groups excluding carboxylic acids is 12. The Balaban J connectivity index is 0.775. The fraction of sp³-hybridized carbons (Fsp3) is 0.813. The Kier molecular flexibility index (Phi) is 35.3. The van der Waals surface area contributed by atoms with E-state index in [1.54, 1.807) is 0 Å². The monoisotopic (exact) mass is 1700 g/mol. The van der Waals surface area contributed by atoms with Crippen LogP contribution in [0.3, 0.4) is 0 Å². The van der Waals surface area contributed by atoms with Crippen LogP contribution in [-0.2, 0) is 100 Å². The molecule has 23 atom stereocenters. The van der Waals surface area contributed by atoms with E-state index in [1.807, 2.05) is 6.92 Å². The first-order chi connectivity index (χ1) is 56.7. The topological polar surface area (TPSA) is 678 Å². The van der Waals surface area contributed by atoms with Gasteiger partial charge >= 0.3 is 11.9 Å². The number of epoxide rings is 2. The summed E-state index contributed by atoms with van der Waals surface area (Å²) in [4.78, 5) is 157. The fourth-order valence-corrected chi connectivity index (χ4v) is 16.7. The van der Waals surface area contributed by atoms with Gasteiger partial charge < -0.3 is 162 Å². The molecule has 10 amide bonds. The Morgan fingerprint density at radius 1 is 0.479 bits per heavy atom. The first-order valence-electron chi connectivity index (χ1n) is 40.7. The van der Waals surface area contributed by atoms with Crippen LogP contribution in [0, 0.1) is 11.3 Å². The lowest BCUT2D eigenvalue weighted by atomic mass is 9.46. The van der Waals surface area contributed by atoms with E-state index in [4.69, 9.17) is 42.6 Å². The van der Waals surface area contributed by atoms with Crippen LogP contribution in [0.1, 0.15) is 148 Å². The number of hydrogen-bond acceptors (Lipinski definition) is 34. The summed E-state index contributed by atoms with van der Waals surface area (Å²) in [5, 5.41) is 159. The van der Waals surface area contributed by atoms with E-state index in [0.29, 0.717) is 24.8 Å². The van der Waals surface area contributed by atoms with Crippen LogP contribution in [0.15, 0.2) is 11.1 Å². The molecular weight excluding hydrogens is 1580 g/mol. The Labute approximate surface area is 684 Å². The second-order valence-electron chi connectivity index (χ2n) is 31.9. The molecule has 2 saturated carbocycles. The summed E-state index contributed by atoms with van der Waals surface area (Å²) in [5.41, 5.74) is -3.94. The highest BCUT2D eigenvalue weighted by atomic mass is 16.7. The highest BCUT2D eigenvalue weighted by Gasteiger charge is 2.88. The van der Waals surface area contributed by atoms with Gasteiger partial charge in [-0.3, -0.25) is 52.7 Å². The molecule has 23 N–H and O–H groups in total. The molecule has 0 aromatic heterocycles. The fourth-order valence-electron chi connectivity index (χ4n) is 16.7. The SMILES string of the molecule is C[C@]12CCC3=C(COC3=O)C1C[C@@H]1O[C@@]13[C@H](OC(=O)CCC(=O)NC(CCC(=O)NCCCNC(=O)CCCC(=O)N[C@@H]1[C@@H](O)[C@H](O)C(CO)O[C@H]1O)(COCCC(=O)NCCCNC(=O)CCCC(=O)N[C@@H]1[C@@H](O)[C@H](O)C(CO)O[C@H]1O)COCCC(=O)NCCCNC(=O)CCCC(=O)N[C@@H]1[C@@H](O)[C@H](O)C(CO)O[C@H]1O)[C@H]1O[C@H]1C[C@]32O. The maximum absolute atomic E-state index is 14.4. The standard InChI is InChI=1S/C75H118N10O34/c1-72-20-16-38-39(35-113-68(38)106)40(72)30-45-75(119-45)67(66-41(114-66)31-74(72,75)110)118-56(99)15-14-55(98)85-73(21-17-49(92)79-25-5-22-76-46(89)8-2-11-52(95)82-57-63(103)60(100)42(32-86)115-69(57)107,36-111-28-18-50(93)80-26-6-23-77-47(90)9-3-12-53(96)83-58-64(104)61(101)43(33-87)116-70(58)108)37-112-29-19-51(94)81-27-7-24-78-48(91)10-4-13-54(97)84-59-65(105)62(102)44(34-88)117-71(59)109/h40-45,57-67,69-71,86-88,100-105,107-110H,2-37H2,1H3,(H,76,89)(H,77,90)(H,78,91)(H,79,92)(H,80,93)(H,81,94)(H,82,95)(H,83,96)(H,84,97)(H,85,98)/t40?,41-,42?,43?,44?,45-,57+,58+,59+,60+,61+,62+,63+,64+,65+,66-,67+,69+,70+,71+,72-,73?,74+,75+/m0/s1. The molecule has 0 radical (unpaired) electrons. The van der Waals surface area contributed by atoms with E-state index in [1.165, 1.54) is 0 Å². The number of ether oxygens (including phenoxy) is 9. The van der Waals surface area contributed by atoms with Crippen LogP contribution in [0.25, 0.3) is 0 Å². The third kappa shape index (κ3) is 24.7. The van der Waals surface area contributed by atoms with Gasteiger partial charge in [0.2, 0.25) is 59.1 Å². The van der Waals surface area contributed by atoms with Gasteiger partial charge in [0.05, 0.1) is 70.4 Å². The summed E-state index contributed by atoms with van der Waals surface area (Å²) in [6.07, 6.45) is -22.1. The zero-order chi connectivity index (χ0) is 86.5. The van der Waals surface area contributed by atoms with Gasteiger partial charge in [-0.25, -0.2) is 4.79 Å². The lowest BCUT2D eigenvalue weighted by Gasteiger charge is -2.59. The molecular formula is C75H118N10O34. The minimum Gasteiger partial charge on any atom is -0.458 e. The van der Waals surface area contributed by atoms with E-state index in [9.17, 15) is 124 Å². The number of aliphatic hydroxyl groups is 13. The van der Waals surface area contributed by atoms with Crippen LogP contribution in [-0.4, -0.2) is 363 Å². The van der Waals surface area contributed by atoms with E-state index in [2.05, 4.69) is 53.2 Å². The van der Waals surface area contributed by atoms with Crippen molar-refractivity contribution in [1.82, 2.24) is 53.2 Å². The van der Waals surface area contributed by atoms with Crippen molar-refractivity contribution < 1.29 is 167 Å². The van der Waals surface area contributed by atoms with Crippen molar-refractivity contribution in [3.63, 3.8) is 0 Å². The summed E-state index contributed by atoms with van der Waals surface area (Å²) >= 11 is 0. The summed E-state index contributed by atoms with van der Waals surface area (Å²) in [6.45, 7) is -0.913. The third-order valence-corrected chi connectivity index (χ3v) is 23.6. The predicted octanol–water partition coefficient (Wildman–Crippen LogP) is -10.0. The molecule has 119 heavy (non-hydrogen) atoms. The number of esters is 2. The van der Waals surface area contributed by atoms with Crippen LogP contribution >= 0.6 is 0 Å². The minimum absolute atomic E-state index is 0.0293. The van der Waals surface area contributed by atoms with E-state index >= 15 is 0 Å². The van der Waals surface area contributed by atoms with Gasteiger partial charge in [-0.15, -0.1) is 0 Å². The third-order valence-electron chi connectivity index (χ3n) is 23.6. The molecule has 44 nitrogen and oxygen atoms in total. The van der Waals surface area contributed by atoms with Gasteiger partial charge in [-0.05, 0) is 75.7 Å². The number of hydrogen-bond donors (Lipinski definition) is 23. The van der Waals surface area contributed by atoms with Crippen molar-refractivity contribution in [2.75, 3.05) is 92.1 Å². The first kappa shape index (κ1) is 95.4. The summed E-state index contributed by atoms with van der Waals surface area (Å²) < 4.78 is 51.4. The summed E-state index contributed by atoms with van der Waals surface area (Å²) in [5.74, 6) is -7.02. The van der Waals surface area contributed by atoms with Crippen molar-refractivity contribution >= 4 is 71.0 Å². The van der Waals surface area contributed by atoms with E-state index < -0.39 is 249 Å².